The molecule has 180 valence electrons. The van der Waals surface area contributed by atoms with E-state index >= 15 is 0 Å². The van der Waals surface area contributed by atoms with Crippen LogP contribution in [-0.2, 0) is 16.1 Å². The molecule has 6 heteroatoms. The predicted octanol–water partition coefficient (Wildman–Crippen LogP) is 4.72. The minimum Gasteiger partial charge on any atom is -0.497 e. The van der Waals surface area contributed by atoms with Gasteiger partial charge in [-0.2, -0.15) is 0 Å². The van der Waals surface area contributed by atoms with Gasteiger partial charge in [-0.15, -0.1) is 0 Å². The number of rotatable bonds is 11. The highest BCUT2D eigenvalue weighted by Crippen LogP contribution is 2.24. The second-order valence-electron chi connectivity index (χ2n) is 8.61. The molecule has 2 aromatic carbocycles. The van der Waals surface area contributed by atoms with Crippen LogP contribution in [0.5, 0.6) is 11.5 Å². The van der Waals surface area contributed by atoms with E-state index in [1.54, 1.807) is 12.0 Å². The first-order valence-corrected chi connectivity index (χ1v) is 11.6. The van der Waals surface area contributed by atoms with Gasteiger partial charge in [0.25, 0.3) is 5.91 Å². The van der Waals surface area contributed by atoms with Gasteiger partial charge in [0.15, 0.2) is 6.61 Å². The number of aryl methyl sites for hydroxylation is 2. The summed E-state index contributed by atoms with van der Waals surface area (Å²) >= 11 is 0. The Morgan fingerprint density at radius 3 is 2.42 bits per heavy atom. The Kier molecular flexibility index (Phi) is 9.76. The monoisotopic (exact) mass is 454 g/mol. The molecule has 0 aliphatic carbocycles. The van der Waals surface area contributed by atoms with E-state index in [1.807, 2.05) is 71.9 Å². The standard InChI is InChI=1S/C27H38N2O4/c1-8-20(5)28-27(31)24(9-2)29(16-22-11-10-12-23(15-22)32-7)26(30)17-33-25-14-18(3)13-19(4)21(25)6/h10-15,20,24H,8-9,16-17H2,1-7H3,(H,28,31)/t20-,24-/m0/s1. The van der Waals surface area contributed by atoms with Crippen molar-refractivity contribution in [1.82, 2.24) is 10.2 Å². The summed E-state index contributed by atoms with van der Waals surface area (Å²) in [5.41, 5.74) is 4.09. The first-order valence-electron chi connectivity index (χ1n) is 11.6. The lowest BCUT2D eigenvalue weighted by Gasteiger charge is -2.31. The highest BCUT2D eigenvalue weighted by atomic mass is 16.5. The van der Waals surface area contributed by atoms with E-state index in [4.69, 9.17) is 9.47 Å². The molecule has 0 saturated heterocycles. The minimum atomic E-state index is -0.596. The van der Waals surface area contributed by atoms with Crippen LogP contribution >= 0.6 is 0 Å². The van der Waals surface area contributed by atoms with Crippen molar-refractivity contribution in [3.8, 4) is 11.5 Å². The topological polar surface area (TPSA) is 67.9 Å². The van der Waals surface area contributed by atoms with Crippen LogP contribution in [0.4, 0.5) is 0 Å². The maximum atomic E-state index is 13.4. The van der Waals surface area contributed by atoms with Crippen molar-refractivity contribution in [2.45, 2.75) is 73.0 Å². The fraction of sp³-hybridized carbons (Fsp3) is 0.481. The van der Waals surface area contributed by atoms with Crippen molar-refractivity contribution in [3.63, 3.8) is 0 Å². The molecule has 2 aromatic rings. The molecule has 0 fully saturated rings. The first kappa shape index (κ1) is 26.2. The lowest BCUT2D eigenvalue weighted by atomic mass is 10.1. The highest BCUT2D eigenvalue weighted by molar-refractivity contribution is 5.88. The van der Waals surface area contributed by atoms with Crippen LogP contribution in [0.25, 0.3) is 0 Å². The van der Waals surface area contributed by atoms with Gasteiger partial charge in [-0.05, 0) is 81.0 Å². The zero-order valence-electron chi connectivity index (χ0n) is 21.0. The summed E-state index contributed by atoms with van der Waals surface area (Å²) in [6, 6.07) is 11.0. The second-order valence-corrected chi connectivity index (χ2v) is 8.61. The summed E-state index contributed by atoms with van der Waals surface area (Å²) in [6.45, 7) is 12.1. The number of carbonyl (C=O) groups excluding carboxylic acids is 2. The largest absolute Gasteiger partial charge is 0.497 e. The molecule has 6 nitrogen and oxygen atoms in total. The Morgan fingerprint density at radius 2 is 1.79 bits per heavy atom. The third-order valence-corrected chi connectivity index (χ3v) is 5.99. The van der Waals surface area contributed by atoms with E-state index in [9.17, 15) is 9.59 Å². The number of hydrogen-bond donors (Lipinski definition) is 1. The van der Waals surface area contributed by atoms with Gasteiger partial charge in [-0.25, -0.2) is 0 Å². The van der Waals surface area contributed by atoms with Gasteiger partial charge in [-0.1, -0.05) is 32.0 Å². The smallest absolute Gasteiger partial charge is 0.261 e. The number of nitrogens with zero attached hydrogens (tertiary/aromatic N) is 1. The van der Waals surface area contributed by atoms with Crippen LogP contribution in [0.1, 0.15) is 55.9 Å². The average Bonchev–Trinajstić information content (AvgIpc) is 2.79. The second kappa shape index (κ2) is 12.3. The van der Waals surface area contributed by atoms with Crippen molar-refractivity contribution in [3.05, 3.63) is 58.7 Å². The van der Waals surface area contributed by atoms with Crippen LogP contribution in [0.3, 0.4) is 0 Å². The molecule has 2 rings (SSSR count). The van der Waals surface area contributed by atoms with Crippen molar-refractivity contribution in [2.24, 2.45) is 0 Å². The zero-order chi connectivity index (χ0) is 24.5. The van der Waals surface area contributed by atoms with Crippen molar-refractivity contribution >= 4 is 11.8 Å². The molecule has 0 unspecified atom stereocenters. The third kappa shape index (κ3) is 7.24. The number of hydrogen-bond acceptors (Lipinski definition) is 4. The Labute approximate surface area is 198 Å². The fourth-order valence-electron chi connectivity index (χ4n) is 3.70. The van der Waals surface area contributed by atoms with Gasteiger partial charge in [-0.3, -0.25) is 9.59 Å². The Hall–Kier alpha value is -3.02. The summed E-state index contributed by atoms with van der Waals surface area (Å²) in [7, 11) is 1.61. The number of benzene rings is 2. The number of methoxy groups -OCH3 is 1. The van der Waals surface area contributed by atoms with Crippen LogP contribution in [0, 0.1) is 20.8 Å². The van der Waals surface area contributed by atoms with Gasteiger partial charge in [0.1, 0.15) is 17.5 Å². The molecule has 0 aliphatic heterocycles. The molecule has 33 heavy (non-hydrogen) atoms. The van der Waals surface area contributed by atoms with Gasteiger partial charge in [0.2, 0.25) is 5.91 Å². The number of nitrogens with one attached hydrogen (secondary N) is 1. The lowest BCUT2D eigenvalue weighted by Crippen LogP contribution is -2.51. The molecular weight excluding hydrogens is 416 g/mol. The molecule has 0 bridgehead atoms. The molecule has 1 N–H and O–H groups in total. The fourth-order valence-corrected chi connectivity index (χ4v) is 3.70. The Balaban J connectivity index is 2.29. The normalized spacial score (nSPS) is 12.6. The summed E-state index contributed by atoms with van der Waals surface area (Å²) < 4.78 is 11.3. The van der Waals surface area contributed by atoms with E-state index in [0.29, 0.717) is 17.9 Å². The summed E-state index contributed by atoms with van der Waals surface area (Å²) in [5.74, 6) is 1.02. The SMILES string of the molecule is CC[C@H](C)NC(=O)[C@H](CC)N(Cc1cccc(OC)c1)C(=O)COc1cc(C)cc(C)c1C. The third-order valence-electron chi connectivity index (χ3n) is 5.99. The summed E-state index contributed by atoms with van der Waals surface area (Å²) in [6.07, 6.45) is 1.32. The van der Waals surface area contributed by atoms with E-state index in [2.05, 4.69) is 11.4 Å². The maximum Gasteiger partial charge on any atom is 0.261 e. The summed E-state index contributed by atoms with van der Waals surface area (Å²) in [5, 5.41) is 3.02. The van der Waals surface area contributed by atoms with E-state index < -0.39 is 6.04 Å². The number of carbonyl (C=O) groups is 2. The molecule has 0 heterocycles. The van der Waals surface area contributed by atoms with Crippen LogP contribution in [-0.4, -0.2) is 42.5 Å². The van der Waals surface area contributed by atoms with E-state index in [0.717, 1.165) is 28.7 Å². The molecule has 2 atom stereocenters. The van der Waals surface area contributed by atoms with Gasteiger partial charge < -0.3 is 19.7 Å². The Morgan fingerprint density at radius 1 is 1.06 bits per heavy atom. The molecular formula is C27H38N2O4. The van der Waals surface area contributed by atoms with Gasteiger partial charge >= 0.3 is 0 Å². The van der Waals surface area contributed by atoms with Crippen molar-refractivity contribution in [1.29, 1.82) is 0 Å². The Bertz CT molecular complexity index is 957. The lowest BCUT2D eigenvalue weighted by molar-refractivity contribution is -0.143. The summed E-state index contributed by atoms with van der Waals surface area (Å²) in [4.78, 5) is 28.1. The number of amides is 2. The molecule has 2 amide bonds. The van der Waals surface area contributed by atoms with E-state index in [-0.39, 0.29) is 31.0 Å². The molecule has 0 saturated carbocycles. The van der Waals surface area contributed by atoms with Gasteiger partial charge in [0.05, 0.1) is 7.11 Å². The van der Waals surface area contributed by atoms with Gasteiger partial charge in [0, 0.05) is 12.6 Å². The quantitative estimate of drug-likeness (QED) is 0.533. The first-order chi connectivity index (χ1) is 15.7. The zero-order valence-corrected chi connectivity index (χ0v) is 21.0. The van der Waals surface area contributed by atoms with Crippen LogP contribution in [0.15, 0.2) is 36.4 Å². The van der Waals surface area contributed by atoms with Crippen LogP contribution in [0.2, 0.25) is 0 Å². The van der Waals surface area contributed by atoms with Crippen molar-refractivity contribution < 1.29 is 19.1 Å². The van der Waals surface area contributed by atoms with E-state index in [1.165, 1.54) is 0 Å². The minimum absolute atomic E-state index is 0.0366. The maximum absolute atomic E-state index is 13.4. The predicted molar refractivity (Wildman–Crippen MR) is 132 cm³/mol. The van der Waals surface area contributed by atoms with Crippen LogP contribution < -0.4 is 14.8 Å². The molecule has 0 aliphatic rings. The average molecular weight is 455 g/mol. The molecule has 0 aromatic heterocycles. The highest BCUT2D eigenvalue weighted by Gasteiger charge is 2.29. The molecule has 0 radical (unpaired) electrons. The number of ether oxygens (including phenoxy) is 2. The van der Waals surface area contributed by atoms with Crippen molar-refractivity contribution in [2.75, 3.05) is 13.7 Å². The molecule has 0 spiro atoms.